The summed E-state index contributed by atoms with van der Waals surface area (Å²) in [5.41, 5.74) is 0.495. The maximum atomic E-state index is 10.9. The minimum atomic E-state index is -0.464. The molecule has 0 aromatic heterocycles. The first-order valence-electron chi connectivity index (χ1n) is 3.93. The van der Waals surface area contributed by atoms with Crippen molar-refractivity contribution >= 4 is 34.1 Å². The average molecular weight is 305 g/mol. The zero-order chi connectivity index (χ0) is 10.7. The third kappa shape index (κ3) is 2.76. The molecule has 0 saturated heterocycles. The number of Topliss-reactive ketones (excluding diaryl/α,β-unsaturated/α-hetero) is 1. The van der Waals surface area contributed by atoms with Crippen LogP contribution in [-0.2, 0) is 11.2 Å². The number of carbonyl (C=O) groups excluding carboxylic acids is 1. The molecule has 0 heterocycles. The highest BCUT2D eigenvalue weighted by Gasteiger charge is 2.14. The lowest BCUT2D eigenvalue weighted by Crippen LogP contribution is -2.01. The van der Waals surface area contributed by atoms with Crippen LogP contribution in [0.4, 0.5) is 5.69 Å². The zero-order valence-electron chi connectivity index (χ0n) is 7.49. The van der Waals surface area contributed by atoms with Crippen LogP contribution in [0.1, 0.15) is 12.5 Å². The normalized spacial score (nSPS) is 9.86. The average Bonchev–Trinajstić information content (AvgIpc) is 2.01. The van der Waals surface area contributed by atoms with Crippen LogP contribution in [0.15, 0.2) is 18.2 Å². The van der Waals surface area contributed by atoms with Crippen molar-refractivity contribution in [3.8, 4) is 0 Å². The molecule has 1 aromatic carbocycles. The predicted octanol–water partition coefficient (Wildman–Crippen LogP) is 2.33. The van der Waals surface area contributed by atoms with Gasteiger partial charge in [-0.2, -0.15) is 0 Å². The molecule has 0 saturated carbocycles. The quantitative estimate of drug-likeness (QED) is 0.489. The van der Waals surface area contributed by atoms with E-state index in [1.807, 2.05) is 0 Å². The van der Waals surface area contributed by atoms with Gasteiger partial charge in [0, 0.05) is 21.6 Å². The van der Waals surface area contributed by atoms with E-state index in [4.69, 9.17) is 0 Å². The molecule has 0 aliphatic rings. The van der Waals surface area contributed by atoms with Gasteiger partial charge in [-0.3, -0.25) is 14.9 Å². The standard InChI is InChI=1S/C9H8INO3/c1-6(12)4-7-5-8(10)2-3-9(7)11(13)14/h2-3,5H,4H2,1H3. The van der Waals surface area contributed by atoms with E-state index in [9.17, 15) is 14.9 Å². The highest BCUT2D eigenvalue weighted by Crippen LogP contribution is 2.21. The van der Waals surface area contributed by atoms with E-state index in [-0.39, 0.29) is 17.9 Å². The molecule has 0 aliphatic heterocycles. The first-order valence-corrected chi connectivity index (χ1v) is 5.01. The third-order valence-corrected chi connectivity index (χ3v) is 2.35. The maximum Gasteiger partial charge on any atom is 0.273 e. The van der Waals surface area contributed by atoms with E-state index in [0.717, 1.165) is 3.57 Å². The number of hydrogen-bond donors (Lipinski definition) is 0. The van der Waals surface area contributed by atoms with Crippen molar-refractivity contribution in [2.75, 3.05) is 0 Å². The van der Waals surface area contributed by atoms with Gasteiger partial charge in [-0.25, -0.2) is 0 Å². The van der Waals surface area contributed by atoms with Crippen LogP contribution < -0.4 is 0 Å². The third-order valence-electron chi connectivity index (χ3n) is 1.68. The van der Waals surface area contributed by atoms with Crippen LogP contribution in [-0.4, -0.2) is 10.7 Å². The highest BCUT2D eigenvalue weighted by molar-refractivity contribution is 14.1. The van der Waals surface area contributed by atoms with Crippen molar-refractivity contribution in [2.24, 2.45) is 0 Å². The van der Waals surface area contributed by atoms with Gasteiger partial charge in [0.25, 0.3) is 5.69 Å². The Morgan fingerprint density at radius 1 is 1.57 bits per heavy atom. The van der Waals surface area contributed by atoms with E-state index in [2.05, 4.69) is 22.6 Å². The SMILES string of the molecule is CC(=O)Cc1cc(I)ccc1[N+](=O)[O-]. The number of ketones is 1. The van der Waals surface area contributed by atoms with Gasteiger partial charge in [0.1, 0.15) is 5.78 Å². The van der Waals surface area contributed by atoms with Gasteiger partial charge >= 0.3 is 0 Å². The maximum absolute atomic E-state index is 10.9. The molecule has 0 aliphatic carbocycles. The molecule has 0 radical (unpaired) electrons. The van der Waals surface area contributed by atoms with Crippen molar-refractivity contribution in [3.63, 3.8) is 0 Å². The number of benzene rings is 1. The number of carbonyl (C=O) groups is 1. The van der Waals surface area contributed by atoms with Crippen LogP contribution in [0.25, 0.3) is 0 Å². The second-order valence-electron chi connectivity index (χ2n) is 2.91. The minimum Gasteiger partial charge on any atom is -0.300 e. The molecule has 14 heavy (non-hydrogen) atoms. The van der Waals surface area contributed by atoms with Crippen LogP contribution in [0, 0.1) is 13.7 Å². The van der Waals surface area contributed by atoms with Crippen molar-refractivity contribution in [1.29, 1.82) is 0 Å². The van der Waals surface area contributed by atoms with Crippen molar-refractivity contribution < 1.29 is 9.72 Å². The van der Waals surface area contributed by atoms with Gasteiger partial charge in [-0.1, -0.05) is 0 Å². The lowest BCUT2D eigenvalue weighted by molar-refractivity contribution is -0.385. The van der Waals surface area contributed by atoms with Crippen LogP contribution in [0.3, 0.4) is 0 Å². The lowest BCUT2D eigenvalue weighted by atomic mass is 10.1. The first-order chi connectivity index (χ1) is 6.50. The Bertz CT molecular complexity index is 390. The Kier molecular flexibility index (Phi) is 3.56. The van der Waals surface area contributed by atoms with E-state index in [1.165, 1.54) is 13.0 Å². The summed E-state index contributed by atoms with van der Waals surface area (Å²) in [5, 5.41) is 10.6. The van der Waals surface area contributed by atoms with Crippen molar-refractivity contribution in [1.82, 2.24) is 0 Å². The van der Waals surface area contributed by atoms with Gasteiger partial charge in [-0.05, 0) is 41.6 Å². The zero-order valence-corrected chi connectivity index (χ0v) is 9.65. The summed E-state index contributed by atoms with van der Waals surface area (Å²) >= 11 is 2.06. The topological polar surface area (TPSA) is 60.2 Å². The van der Waals surface area contributed by atoms with Gasteiger partial charge in [0.2, 0.25) is 0 Å². The van der Waals surface area contributed by atoms with Crippen molar-refractivity contribution in [2.45, 2.75) is 13.3 Å². The summed E-state index contributed by atoms with van der Waals surface area (Å²) in [6.45, 7) is 1.42. The second-order valence-corrected chi connectivity index (χ2v) is 4.15. The first kappa shape index (κ1) is 11.1. The molecule has 0 fully saturated rings. The molecular weight excluding hydrogens is 297 g/mol. The largest absolute Gasteiger partial charge is 0.300 e. The molecular formula is C9H8INO3. The molecule has 5 heteroatoms. The Morgan fingerprint density at radius 3 is 2.71 bits per heavy atom. The molecule has 1 rings (SSSR count). The molecule has 0 N–H and O–H groups in total. The fraction of sp³-hybridized carbons (Fsp3) is 0.222. The van der Waals surface area contributed by atoms with Gasteiger partial charge in [0.15, 0.2) is 0 Å². The predicted molar refractivity (Wildman–Crippen MR) is 60.2 cm³/mol. The summed E-state index contributed by atoms with van der Waals surface area (Å²) in [7, 11) is 0. The molecule has 74 valence electrons. The van der Waals surface area contributed by atoms with E-state index >= 15 is 0 Å². The van der Waals surface area contributed by atoms with E-state index in [0.29, 0.717) is 5.56 Å². The van der Waals surface area contributed by atoms with Crippen LogP contribution in [0.5, 0.6) is 0 Å². The molecule has 1 aromatic rings. The smallest absolute Gasteiger partial charge is 0.273 e. The van der Waals surface area contributed by atoms with Crippen molar-refractivity contribution in [3.05, 3.63) is 37.4 Å². The van der Waals surface area contributed by atoms with Gasteiger partial charge in [-0.15, -0.1) is 0 Å². The molecule has 0 unspecified atom stereocenters. The minimum absolute atomic E-state index is 0.0145. The fourth-order valence-corrected chi connectivity index (χ4v) is 1.70. The second kappa shape index (κ2) is 4.50. The Balaban J connectivity index is 3.15. The summed E-state index contributed by atoms with van der Waals surface area (Å²) in [5.74, 6) is -0.0740. The number of nitro groups is 1. The lowest BCUT2D eigenvalue weighted by Gasteiger charge is -2.00. The fourth-order valence-electron chi connectivity index (χ4n) is 1.14. The summed E-state index contributed by atoms with van der Waals surface area (Å²) in [6.07, 6.45) is 0.118. The number of halogens is 1. The Labute approximate surface area is 94.6 Å². The van der Waals surface area contributed by atoms with Gasteiger partial charge in [0.05, 0.1) is 4.92 Å². The molecule has 0 bridgehead atoms. The Morgan fingerprint density at radius 2 is 2.21 bits per heavy atom. The Hall–Kier alpha value is -0.980. The number of nitrogens with zero attached hydrogens (tertiary/aromatic N) is 1. The molecule has 0 amide bonds. The molecule has 0 spiro atoms. The highest BCUT2D eigenvalue weighted by atomic mass is 127. The number of hydrogen-bond acceptors (Lipinski definition) is 3. The summed E-state index contributed by atoms with van der Waals surface area (Å²) in [6, 6.07) is 4.75. The summed E-state index contributed by atoms with van der Waals surface area (Å²) < 4.78 is 0.893. The molecule has 4 nitrogen and oxygen atoms in total. The number of rotatable bonds is 3. The van der Waals surface area contributed by atoms with E-state index < -0.39 is 4.92 Å². The van der Waals surface area contributed by atoms with Crippen LogP contribution >= 0.6 is 22.6 Å². The monoisotopic (exact) mass is 305 g/mol. The van der Waals surface area contributed by atoms with E-state index in [1.54, 1.807) is 12.1 Å². The number of nitro benzene ring substituents is 1. The van der Waals surface area contributed by atoms with Gasteiger partial charge < -0.3 is 0 Å². The molecule has 0 atom stereocenters. The van der Waals surface area contributed by atoms with Crippen LogP contribution in [0.2, 0.25) is 0 Å². The summed E-state index contributed by atoms with van der Waals surface area (Å²) in [4.78, 5) is 21.0.